The Hall–Kier alpha value is -3.07. The minimum absolute atomic E-state index is 0.183. The van der Waals surface area contributed by atoms with Crippen molar-refractivity contribution in [2.24, 2.45) is 0 Å². The predicted molar refractivity (Wildman–Crippen MR) is 100 cm³/mol. The standard InChI is InChI=1S/C20H20F3N3O3/c21-20(22,23)16-7-2-1-6-15(16)17(27)11-24-18(28)12-4-3-5-14(10-12)26-19(29)25-13-8-9-13/h1-7,10,13,17,27H,8-9,11H2,(H,24,28)(H2,25,26,29). The fourth-order valence-corrected chi connectivity index (χ4v) is 2.77. The molecule has 3 amide bonds. The highest BCUT2D eigenvalue weighted by molar-refractivity contribution is 5.97. The van der Waals surface area contributed by atoms with Crippen molar-refractivity contribution >= 4 is 17.6 Å². The fraction of sp³-hybridized carbons (Fsp3) is 0.300. The number of alkyl halides is 3. The van der Waals surface area contributed by atoms with Gasteiger partial charge in [0, 0.05) is 23.8 Å². The van der Waals surface area contributed by atoms with Crippen LogP contribution in [0.5, 0.6) is 0 Å². The first-order valence-corrected chi connectivity index (χ1v) is 9.04. The predicted octanol–water partition coefficient (Wildman–Crippen LogP) is 3.45. The zero-order valence-corrected chi connectivity index (χ0v) is 15.3. The fourth-order valence-electron chi connectivity index (χ4n) is 2.77. The molecular weight excluding hydrogens is 387 g/mol. The van der Waals surface area contributed by atoms with Crippen molar-refractivity contribution in [3.05, 3.63) is 65.2 Å². The number of anilines is 1. The molecule has 0 heterocycles. The van der Waals surface area contributed by atoms with Crippen molar-refractivity contribution in [3.8, 4) is 0 Å². The molecule has 0 aromatic heterocycles. The van der Waals surface area contributed by atoms with Gasteiger partial charge in [-0.05, 0) is 42.7 Å². The molecule has 9 heteroatoms. The van der Waals surface area contributed by atoms with Crippen LogP contribution in [0.25, 0.3) is 0 Å². The summed E-state index contributed by atoms with van der Waals surface area (Å²) in [6.45, 7) is -0.397. The molecule has 0 aliphatic heterocycles. The number of aliphatic hydroxyl groups is 1. The highest BCUT2D eigenvalue weighted by atomic mass is 19.4. The van der Waals surface area contributed by atoms with Crippen LogP contribution in [0.15, 0.2) is 48.5 Å². The van der Waals surface area contributed by atoms with Gasteiger partial charge in [-0.15, -0.1) is 0 Å². The van der Waals surface area contributed by atoms with Crippen LogP contribution in [0.3, 0.4) is 0 Å². The molecule has 154 valence electrons. The van der Waals surface area contributed by atoms with Crippen LogP contribution < -0.4 is 16.0 Å². The molecule has 2 aromatic rings. The molecule has 1 saturated carbocycles. The maximum atomic E-state index is 13.1. The van der Waals surface area contributed by atoms with E-state index < -0.39 is 30.3 Å². The van der Waals surface area contributed by atoms with E-state index in [-0.39, 0.29) is 23.2 Å². The smallest absolute Gasteiger partial charge is 0.387 e. The van der Waals surface area contributed by atoms with Gasteiger partial charge in [-0.3, -0.25) is 4.79 Å². The first-order valence-electron chi connectivity index (χ1n) is 9.04. The minimum Gasteiger partial charge on any atom is -0.387 e. The Bertz CT molecular complexity index is 898. The molecule has 0 bridgehead atoms. The van der Waals surface area contributed by atoms with Gasteiger partial charge in [-0.2, -0.15) is 13.2 Å². The van der Waals surface area contributed by atoms with Gasteiger partial charge in [0.25, 0.3) is 5.91 Å². The molecule has 1 aliphatic carbocycles. The summed E-state index contributed by atoms with van der Waals surface area (Å²) < 4.78 is 39.2. The first-order chi connectivity index (χ1) is 13.7. The van der Waals surface area contributed by atoms with E-state index in [4.69, 9.17) is 0 Å². The second-order valence-electron chi connectivity index (χ2n) is 6.76. The zero-order chi connectivity index (χ0) is 21.0. The Labute approximate surface area is 165 Å². The number of rotatable bonds is 6. The average Bonchev–Trinajstić information content (AvgIpc) is 3.49. The number of halogens is 3. The highest BCUT2D eigenvalue weighted by Gasteiger charge is 2.34. The molecule has 29 heavy (non-hydrogen) atoms. The molecule has 1 aliphatic rings. The van der Waals surface area contributed by atoms with Gasteiger partial charge in [0.05, 0.1) is 11.7 Å². The molecule has 2 aromatic carbocycles. The third-order valence-corrected chi connectivity index (χ3v) is 4.38. The van der Waals surface area contributed by atoms with Crippen LogP contribution in [0, 0.1) is 0 Å². The Morgan fingerprint density at radius 1 is 1.10 bits per heavy atom. The number of carbonyl (C=O) groups excluding carboxylic acids is 2. The van der Waals surface area contributed by atoms with E-state index in [1.54, 1.807) is 12.1 Å². The van der Waals surface area contributed by atoms with E-state index in [9.17, 15) is 27.9 Å². The lowest BCUT2D eigenvalue weighted by atomic mass is 10.0. The molecule has 6 nitrogen and oxygen atoms in total. The summed E-state index contributed by atoms with van der Waals surface area (Å²) in [4.78, 5) is 24.1. The van der Waals surface area contributed by atoms with Gasteiger partial charge in [0.1, 0.15) is 0 Å². The van der Waals surface area contributed by atoms with Gasteiger partial charge in [0.2, 0.25) is 0 Å². The number of carbonyl (C=O) groups is 2. The van der Waals surface area contributed by atoms with Crippen LogP contribution in [0.1, 0.15) is 40.4 Å². The van der Waals surface area contributed by atoms with Crippen LogP contribution >= 0.6 is 0 Å². The number of aliphatic hydroxyl groups excluding tert-OH is 1. The Kier molecular flexibility index (Phi) is 6.07. The number of hydrogen-bond acceptors (Lipinski definition) is 3. The van der Waals surface area contributed by atoms with Gasteiger partial charge < -0.3 is 21.1 Å². The Balaban J connectivity index is 1.61. The minimum atomic E-state index is -4.61. The van der Waals surface area contributed by atoms with Crippen molar-refractivity contribution in [3.63, 3.8) is 0 Å². The summed E-state index contributed by atoms with van der Waals surface area (Å²) >= 11 is 0. The van der Waals surface area contributed by atoms with Crippen molar-refractivity contribution in [2.75, 3.05) is 11.9 Å². The highest BCUT2D eigenvalue weighted by Crippen LogP contribution is 2.34. The van der Waals surface area contributed by atoms with E-state index in [0.717, 1.165) is 18.9 Å². The third-order valence-electron chi connectivity index (χ3n) is 4.38. The number of benzene rings is 2. The molecule has 0 radical (unpaired) electrons. The van der Waals surface area contributed by atoms with E-state index in [0.29, 0.717) is 5.69 Å². The lowest BCUT2D eigenvalue weighted by molar-refractivity contribution is -0.139. The van der Waals surface area contributed by atoms with E-state index in [1.165, 1.54) is 30.3 Å². The third kappa shape index (κ3) is 5.71. The van der Waals surface area contributed by atoms with Gasteiger partial charge in [-0.1, -0.05) is 24.3 Å². The van der Waals surface area contributed by atoms with Gasteiger partial charge in [0.15, 0.2) is 0 Å². The quantitative estimate of drug-likeness (QED) is 0.591. The van der Waals surface area contributed by atoms with E-state index >= 15 is 0 Å². The number of urea groups is 1. The lowest BCUT2D eigenvalue weighted by Gasteiger charge is -2.18. The lowest BCUT2D eigenvalue weighted by Crippen LogP contribution is -2.31. The molecule has 1 fully saturated rings. The maximum absolute atomic E-state index is 13.1. The number of nitrogens with one attached hydrogen (secondary N) is 3. The van der Waals surface area contributed by atoms with Gasteiger partial charge in [-0.25, -0.2) is 4.79 Å². The summed E-state index contributed by atoms with van der Waals surface area (Å²) in [6.07, 6.45) is -4.25. The molecule has 0 saturated heterocycles. The monoisotopic (exact) mass is 407 g/mol. The molecular formula is C20H20F3N3O3. The topological polar surface area (TPSA) is 90.5 Å². The SMILES string of the molecule is O=C(Nc1cccc(C(=O)NCC(O)c2ccccc2C(F)(F)F)c1)NC1CC1. The van der Waals surface area contributed by atoms with E-state index in [1.807, 2.05) is 0 Å². The maximum Gasteiger partial charge on any atom is 0.416 e. The molecule has 1 unspecified atom stereocenters. The summed E-state index contributed by atoms with van der Waals surface area (Å²) in [7, 11) is 0. The molecule has 4 N–H and O–H groups in total. The van der Waals surface area contributed by atoms with Crippen molar-refractivity contribution in [1.29, 1.82) is 0 Å². The molecule has 3 rings (SSSR count). The second kappa shape index (κ2) is 8.52. The van der Waals surface area contributed by atoms with Crippen LogP contribution in [0.2, 0.25) is 0 Å². The average molecular weight is 407 g/mol. The molecule has 1 atom stereocenters. The van der Waals surface area contributed by atoms with Crippen LogP contribution in [-0.2, 0) is 6.18 Å². The Morgan fingerprint density at radius 2 is 1.83 bits per heavy atom. The van der Waals surface area contributed by atoms with Gasteiger partial charge >= 0.3 is 12.2 Å². The summed E-state index contributed by atoms with van der Waals surface area (Å²) in [5.41, 5.74) is -0.661. The van der Waals surface area contributed by atoms with Crippen molar-refractivity contribution in [2.45, 2.75) is 31.2 Å². The van der Waals surface area contributed by atoms with Crippen LogP contribution in [-0.4, -0.2) is 29.6 Å². The Morgan fingerprint density at radius 3 is 2.52 bits per heavy atom. The summed E-state index contributed by atoms with van der Waals surface area (Å²) in [5, 5.41) is 17.9. The van der Waals surface area contributed by atoms with Crippen LogP contribution in [0.4, 0.5) is 23.7 Å². The largest absolute Gasteiger partial charge is 0.416 e. The zero-order valence-electron chi connectivity index (χ0n) is 15.3. The summed E-state index contributed by atoms with van der Waals surface area (Å²) in [5.74, 6) is -0.584. The first kappa shape index (κ1) is 20.7. The second-order valence-corrected chi connectivity index (χ2v) is 6.76. The number of hydrogen-bond donors (Lipinski definition) is 4. The number of amides is 3. The van der Waals surface area contributed by atoms with E-state index in [2.05, 4.69) is 16.0 Å². The normalized spacial score (nSPS) is 14.8. The summed E-state index contributed by atoms with van der Waals surface area (Å²) in [6, 6.07) is 10.6. The van der Waals surface area contributed by atoms with Crippen molar-refractivity contribution < 1.29 is 27.9 Å². The van der Waals surface area contributed by atoms with Crippen molar-refractivity contribution in [1.82, 2.24) is 10.6 Å². The molecule has 0 spiro atoms.